The van der Waals surface area contributed by atoms with Crippen LogP contribution in [0.3, 0.4) is 0 Å². The maximum Gasteiger partial charge on any atom is 0.305 e. The van der Waals surface area contributed by atoms with E-state index < -0.39 is 12.3 Å². The maximum absolute atomic E-state index is 13.2. The van der Waals surface area contributed by atoms with Crippen molar-refractivity contribution in [3.05, 3.63) is 35.9 Å². The number of fused-ring (bicyclic) bond motifs is 5. The van der Waals surface area contributed by atoms with Gasteiger partial charge in [0.25, 0.3) is 0 Å². The first kappa shape index (κ1) is 23.0. The first-order valence-corrected chi connectivity index (χ1v) is 12.5. The van der Waals surface area contributed by atoms with Crippen LogP contribution in [0.2, 0.25) is 0 Å². The molecule has 1 saturated heterocycles. The second-order valence-electron chi connectivity index (χ2n) is 9.31. The van der Waals surface area contributed by atoms with Crippen LogP contribution in [0.1, 0.15) is 39.2 Å². The van der Waals surface area contributed by atoms with E-state index in [1.807, 2.05) is 6.07 Å². The summed E-state index contributed by atoms with van der Waals surface area (Å²) in [7, 11) is 0. The van der Waals surface area contributed by atoms with Gasteiger partial charge < -0.3 is 30.7 Å². The topological polar surface area (TPSA) is 101 Å². The van der Waals surface area contributed by atoms with Gasteiger partial charge in [0.1, 0.15) is 0 Å². The van der Waals surface area contributed by atoms with Crippen molar-refractivity contribution in [2.45, 2.75) is 68.3 Å². The molecule has 1 unspecified atom stereocenters. The Morgan fingerprint density at radius 1 is 1.18 bits per heavy atom. The number of carbonyl (C=O) groups excluding carboxylic acids is 2. The molecule has 4 N–H and O–H groups in total. The van der Waals surface area contributed by atoms with Crippen LogP contribution in [-0.4, -0.2) is 36.9 Å². The minimum atomic E-state index is -0.727. The quantitative estimate of drug-likeness (QED) is 0.277. The number of ether oxygens (including phenoxy) is 2. The van der Waals surface area contributed by atoms with E-state index in [9.17, 15) is 9.59 Å². The van der Waals surface area contributed by atoms with Gasteiger partial charge in [0.05, 0.1) is 35.8 Å². The van der Waals surface area contributed by atoms with Crippen LogP contribution < -0.4 is 21.3 Å². The van der Waals surface area contributed by atoms with Crippen LogP contribution in [0.25, 0.3) is 0 Å². The minimum absolute atomic E-state index is 0.0986. The van der Waals surface area contributed by atoms with Crippen LogP contribution in [0.5, 0.6) is 0 Å². The molecule has 1 fully saturated rings. The summed E-state index contributed by atoms with van der Waals surface area (Å²) in [6.45, 7) is 6.58. The van der Waals surface area contributed by atoms with Gasteiger partial charge in [-0.2, -0.15) is 0 Å². The SMILES string of the molecule is CC(=O)OC1OCC[C@@H]1NC(=O)[C@H](CC(C)C)NCc1c2cc3c(c1N2)Nc1ccccc1S3. The Morgan fingerprint density at radius 3 is 2.76 bits per heavy atom. The van der Waals surface area contributed by atoms with Crippen molar-refractivity contribution < 1.29 is 19.1 Å². The molecule has 3 aliphatic heterocycles. The Hall–Kier alpha value is -2.75. The lowest BCUT2D eigenvalue weighted by Crippen LogP contribution is -2.51. The van der Waals surface area contributed by atoms with Crippen molar-refractivity contribution in [3.8, 4) is 0 Å². The highest BCUT2D eigenvalue weighted by Crippen LogP contribution is 2.54. The zero-order chi connectivity index (χ0) is 23.8. The fourth-order valence-electron chi connectivity index (χ4n) is 4.57. The summed E-state index contributed by atoms with van der Waals surface area (Å²) < 4.78 is 10.7. The number of anilines is 4. The summed E-state index contributed by atoms with van der Waals surface area (Å²) in [4.78, 5) is 26.9. The van der Waals surface area contributed by atoms with Crippen LogP contribution >= 0.6 is 11.8 Å². The van der Waals surface area contributed by atoms with E-state index in [-0.39, 0.29) is 18.0 Å². The molecule has 1 amide bonds. The van der Waals surface area contributed by atoms with E-state index in [0.717, 1.165) is 22.7 Å². The molecule has 3 heterocycles. The van der Waals surface area contributed by atoms with Crippen molar-refractivity contribution in [2.24, 2.45) is 5.92 Å². The van der Waals surface area contributed by atoms with Crippen molar-refractivity contribution >= 4 is 46.4 Å². The number of esters is 1. The summed E-state index contributed by atoms with van der Waals surface area (Å²) >= 11 is 1.77. The Balaban J connectivity index is 1.26. The number of amides is 1. The average molecular weight is 483 g/mol. The highest BCUT2D eigenvalue weighted by molar-refractivity contribution is 7.99. The summed E-state index contributed by atoms with van der Waals surface area (Å²) in [6.07, 6.45) is 0.586. The second kappa shape index (κ2) is 9.48. The van der Waals surface area contributed by atoms with Gasteiger partial charge in [0.2, 0.25) is 12.2 Å². The average Bonchev–Trinajstić information content (AvgIpc) is 3.21. The van der Waals surface area contributed by atoms with Crippen molar-refractivity contribution in [1.82, 2.24) is 10.6 Å². The predicted molar refractivity (Wildman–Crippen MR) is 132 cm³/mol. The Labute approximate surface area is 203 Å². The number of nitrogens with one attached hydrogen (secondary N) is 4. The van der Waals surface area contributed by atoms with E-state index in [1.54, 1.807) is 11.8 Å². The summed E-state index contributed by atoms with van der Waals surface area (Å²) in [6, 6.07) is 9.76. The van der Waals surface area contributed by atoms with Gasteiger partial charge in [0, 0.05) is 34.5 Å². The van der Waals surface area contributed by atoms with Crippen molar-refractivity contribution in [2.75, 3.05) is 17.2 Å². The monoisotopic (exact) mass is 482 g/mol. The van der Waals surface area contributed by atoms with Gasteiger partial charge in [-0.25, -0.2) is 0 Å². The lowest BCUT2D eigenvalue weighted by atomic mass is 9.98. The molecular formula is C25H30N4O4S. The zero-order valence-corrected chi connectivity index (χ0v) is 20.4. The third kappa shape index (κ3) is 4.60. The minimum Gasteiger partial charge on any atom is -0.434 e. The molecule has 34 heavy (non-hydrogen) atoms. The molecule has 0 radical (unpaired) electrons. The van der Waals surface area contributed by atoms with Gasteiger partial charge >= 0.3 is 5.97 Å². The second-order valence-corrected chi connectivity index (χ2v) is 10.4. The van der Waals surface area contributed by atoms with Gasteiger partial charge in [-0.1, -0.05) is 37.7 Å². The molecule has 0 saturated carbocycles. The number of hydrogen-bond acceptors (Lipinski definition) is 8. The van der Waals surface area contributed by atoms with Gasteiger partial charge in [-0.05, 0) is 37.0 Å². The van der Waals surface area contributed by atoms with E-state index >= 15 is 0 Å². The van der Waals surface area contributed by atoms with E-state index in [0.29, 0.717) is 31.9 Å². The maximum atomic E-state index is 13.2. The van der Waals surface area contributed by atoms with Gasteiger partial charge in [-0.15, -0.1) is 0 Å². The summed E-state index contributed by atoms with van der Waals surface area (Å²) in [5.74, 6) is -0.177. The molecule has 0 aromatic heterocycles. The molecule has 3 aliphatic rings. The van der Waals surface area contributed by atoms with Crippen molar-refractivity contribution in [1.29, 1.82) is 0 Å². The van der Waals surface area contributed by atoms with E-state index in [2.05, 4.69) is 59.4 Å². The van der Waals surface area contributed by atoms with E-state index in [4.69, 9.17) is 9.47 Å². The molecule has 0 spiro atoms. The molecule has 180 valence electrons. The first-order valence-electron chi connectivity index (χ1n) is 11.7. The largest absolute Gasteiger partial charge is 0.434 e. The van der Waals surface area contributed by atoms with Gasteiger partial charge in [-0.3, -0.25) is 9.59 Å². The summed E-state index contributed by atoms with van der Waals surface area (Å²) in [5, 5.41) is 13.5. The highest BCUT2D eigenvalue weighted by Gasteiger charge is 2.35. The van der Waals surface area contributed by atoms with Crippen LogP contribution in [0.4, 0.5) is 22.7 Å². The molecule has 2 aromatic rings. The molecule has 3 atom stereocenters. The highest BCUT2D eigenvalue weighted by atomic mass is 32.2. The molecule has 2 aromatic carbocycles. The molecule has 0 aliphatic carbocycles. The molecule has 8 nitrogen and oxygen atoms in total. The fraction of sp³-hybridized carbons (Fsp3) is 0.440. The van der Waals surface area contributed by atoms with Crippen LogP contribution in [-0.2, 0) is 25.6 Å². The molecule has 2 bridgehead atoms. The number of hydrogen-bond donors (Lipinski definition) is 4. The fourth-order valence-corrected chi connectivity index (χ4v) is 5.61. The van der Waals surface area contributed by atoms with Crippen LogP contribution in [0.15, 0.2) is 40.1 Å². The Kier molecular flexibility index (Phi) is 6.42. The smallest absolute Gasteiger partial charge is 0.305 e. The lowest BCUT2D eigenvalue weighted by Gasteiger charge is -2.34. The third-order valence-electron chi connectivity index (χ3n) is 6.22. The lowest BCUT2D eigenvalue weighted by molar-refractivity contribution is -0.170. The molecular weight excluding hydrogens is 452 g/mol. The van der Waals surface area contributed by atoms with Gasteiger partial charge in [0.15, 0.2) is 0 Å². The number of para-hydroxylation sites is 1. The number of carbonyl (C=O) groups is 2. The summed E-state index contributed by atoms with van der Waals surface area (Å²) in [5.41, 5.74) is 5.56. The molecule has 5 rings (SSSR count). The third-order valence-corrected chi connectivity index (χ3v) is 7.34. The van der Waals surface area contributed by atoms with Crippen LogP contribution in [0, 0.1) is 5.92 Å². The standard InChI is InChI=1S/C25H30N4O4S/c1-13(2)10-19(24(31)29-17-8-9-32-25(17)33-14(3)30)26-12-15-18-11-21-23(22(15)28-18)27-16-6-4-5-7-20(16)34-21/h4-7,11,13,17,19,25-28H,8-10,12H2,1-3H3,(H,29,31)/t17-,19-,25?/m0/s1. The zero-order valence-electron chi connectivity index (χ0n) is 19.6. The number of benzene rings is 2. The molecule has 9 heteroatoms. The van der Waals surface area contributed by atoms with E-state index in [1.165, 1.54) is 22.3 Å². The van der Waals surface area contributed by atoms with Crippen molar-refractivity contribution in [3.63, 3.8) is 0 Å². The predicted octanol–water partition coefficient (Wildman–Crippen LogP) is 4.25. The Bertz CT molecular complexity index is 1120. The first-order chi connectivity index (χ1) is 16.4. The normalized spacial score (nSPS) is 20.4. The number of rotatable bonds is 8. The Morgan fingerprint density at radius 2 is 1.97 bits per heavy atom.